The largest absolute Gasteiger partial charge is 0.400 e. The number of hydrogen-bond acceptors (Lipinski definition) is 8. The number of nitrogens with zero attached hydrogens (tertiary/aromatic N) is 4. The molecule has 2 fully saturated rings. The third kappa shape index (κ3) is 10.1. The smallest absolute Gasteiger partial charge is 0.338 e. The lowest BCUT2D eigenvalue weighted by molar-refractivity contribution is -0.119. The van der Waals surface area contributed by atoms with Crippen LogP contribution in [0.5, 0.6) is 0 Å². The van der Waals surface area contributed by atoms with Crippen molar-refractivity contribution in [2.45, 2.75) is 75.8 Å². The minimum atomic E-state index is -4.73. The molecule has 2 heterocycles. The van der Waals surface area contributed by atoms with Gasteiger partial charge in [0.15, 0.2) is 0 Å². The first-order chi connectivity index (χ1) is 25.4. The van der Waals surface area contributed by atoms with Gasteiger partial charge in [0.25, 0.3) is 11.8 Å². The number of alkyl halides is 6. The van der Waals surface area contributed by atoms with E-state index in [4.69, 9.17) is 0 Å². The number of thioether (sulfide) groups is 1. The number of rotatable bonds is 8. The fourth-order valence-electron chi connectivity index (χ4n) is 5.19. The Bertz CT molecular complexity index is 1910. The summed E-state index contributed by atoms with van der Waals surface area (Å²) in [6.45, 7) is 8.82. The molecule has 3 atom stereocenters. The zero-order chi connectivity index (χ0) is 41.9. The van der Waals surface area contributed by atoms with Crippen LogP contribution in [0.25, 0.3) is 0 Å². The third-order valence-electron chi connectivity index (χ3n) is 7.72. The number of urea groups is 4. The van der Waals surface area contributed by atoms with Crippen LogP contribution in [0.1, 0.15) is 38.8 Å². The SMILES string of the molecule is CCNC(=O)N1C(=O)N(c2cc(S(=O)CC(F)(F)F)c(C)cc2F)C(=O)C1C.CCNC(=O)N1C(=O)N(c2cc(SCC(F)(F)F)c(C)cc2F)C(=O)C1C. The Morgan fingerprint density at radius 1 is 0.727 bits per heavy atom. The van der Waals surface area contributed by atoms with E-state index in [9.17, 15) is 68.1 Å². The van der Waals surface area contributed by atoms with Gasteiger partial charge in [-0.05, 0) is 76.9 Å². The normalized spacial score (nSPS) is 18.1. The van der Waals surface area contributed by atoms with Crippen molar-refractivity contribution < 1.29 is 68.1 Å². The molecular weight excluding hydrogens is 797 g/mol. The average molecular weight is 831 g/mol. The Labute approximate surface area is 315 Å². The van der Waals surface area contributed by atoms with Crippen LogP contribution in [0, 0.1) is 25.5 Å². The molecular formula is C32H34F8N6O7S2. The molecule has 23 heteroatoms. The van der Waals surface area contributed by atoms with Gasteiger partial charge in [-0.25, -0.2) is 47.6 Å². The molecule has 2 aromatic rings. The summed E-state index contributed by atoms with van der Waals surface area (Å²) in [5.74, 6) is -6.68. The van der Waals surface area contributed by atoms with Crippen LogP contribution in [0.2, 0.25) is 0 Å². The van der Waals surface area contributed by atoms with Gasteiger partial charge in [-0.2, -0.15) is 26.3 Å². The number of imide groups is 4. The summed E-state index contributed by atoms with van der Waals surface area (Å²) in [5, 5.41) is 4.72. The molecule has 2 saturated heterocycles. The van der Waals surface area contributed by atoms with Crippen LogP contribution in [0.4, 0.5) is 65.7 Å². The van der Waals surface area contributed by atoms with Crippen molar-refractivity contribution >= 4 is 69.9 Å². The van der Waals surface area contributed by atoms with Crippen LogP contribution >= 0.6 is 11.8 Å². The van der Waals surface area contributed by atoms with E-state index in [1.165, 1.54) is 27.7 Å². The summed E-state index contributed by atoms with van der Waals surface area (Å²) >= 11 is 0.420. The number of halogens is 8. The fraction of sp³-hybridized carbons (Fsp3) is 0.438. The molecule has 10 amide bonds. The molecule has 3 unspecified atom stereocenters. The first kappa shape index (κ1) is 44.6. The number of anilines is 2. The van der Waals surface area contributed by atoms with Crippen LogP contribution in [-0.2, 0) is 20.4 Å². The highest BCUT2D eigenvalue weighted by molar-refractivity contribution is 7.99. The van der Waals surface area contributed by atoms with Crippen molar-refractivity contribution in [3.8, 4) is 0 Å². The lowest BCUT2D eigenvalue weighted by Crippen LogP contribution is -2.45. The summed E-state index contributed by atoms with van der Waals surface area (Å²) in [6.07, 6.45) is -9.16. The zero-order valence-electron chi connectivity index (χ0n) is 29.8. The minimum absolute atomic E-state index is 0.0310. The maximum Gasteiger partial charge on any atom is 0.400 e. The van der Waals surface area contributed by atoms with Crippen LogP contribution in [0.3, 0.4) is 0 Å². The number of aryl methyl sites for hydroxylation is 2. The molecule has 0 saturated carbocycles. The highest BCUT2D eigenvalue weighted by Gasteiger charge is 2.49. The lowest BCUT2D eigenvalue weighted by atomic mass is 10.2. The van der Waals surface area contributed by atoms with Crippen molar-refractivity contribution in [3.05, 3.63) is 47.0 Å². The third-order valence-corrected chi connectivity index (χ3v) is 10.5. The van der Waals surface area contributed by atoms with E-state index in [2.05, 4.69) is 10.6 Å². The van der Waals surface area contributed by atoms with Gasteiger partial charge < -0.3 is 10.6 Å². The van der Waals surface area contributed by atoms with E-state index in [1.807, 2.05) is 0 Å². The monoisotopic (exact) mass is 830 g/mol. The summed E-state index contributed by atoms with van der Waals surface area (Å²) in [7, 11) is -2.57. The second-order valence-electron chi connectivity index (χ2n) is 11.8. The first-order valence-electron chi connectivity index (χ1n) is 16.0. The van der Waals surface area contributed by atoms with Crippen molar-refractivity contribution in [2.75, 3.05) is 34.4 Å². The van der Waals surface area contributed by atoms with Crippen molar-refractivity contribution in [1.29, 1.82) is 0 Å². The second-order valence-corrected chi connectivity index (χ2v) is 14.3. The molecule has 2 aliphatic heterocycles. The molecule has 2 aromatic carbocycles. The van der Waals surface area contributed by atoms with E-state index in [-0.39, 0.29) is 34.0 Å². The number of nitrogens with one attached hydrogen (secondary N) is 2. The van der Waals surface area contributed by atoms with Gasteiger partial charge in [0.1, 0.15) is 29.5 Å². The maximum atomic E-state index is 14.4. The van der Waals surface area contributed by atoms with Crippen LogP contribution < -0.4 is 20.4 Å². The van der Waals surface area contributed by atoms with Gasteiger partial charge in [0.2, 0.25) is 0 Å². The van der Waals surface area contributed by atoms with Gasteiger partial charge >= 0.3 is 36.5 Å². The molecule has 4 rings (SSSR count). The van der Waals surface area contributed by atoms with Gasteiger partial charge in [-0.1, -0.05) is 0 Å². The van der Waals surface area contributed by atoms with E-state index in [0.29, 0.717) is 31.4 Å². The summed E-state index contributed by atoms with van der Waals surface area (Å²) < 4.78 is 116. The van der Waals surface area contributed by atoms with Gasteiger partial charge in [0, 0.05) is 22.9 Å². The van der Waals surface area contributed by atoms with Gasteiger partial charge in [-0.3, -0.25) is 13.8 Å². The molecule has 0 aromatic heterocycles. The van der Waals surface area contributed by atoms with E-state index in [0.717, 1.165) is 24.3 Å². The second kappa shape index (κ2) is 17.3. The predicted octanol–water partition coefficient (Wildman–Crippen LogP) is 6.37. The topological polar surface area (TPSA) is 157 Å². The maximum absolute atomic E-state index is 14.4. The van der Waals surface area contributed by atoms with E-state index >= 15 is 0 Å². The van der Waals surface area contributed by atoms with E-state index in [1.54, 1.807) is 13.8 Å². The molecule has 55 heavy (non-hydrogen) atoms. The number of amides is 10. The van der Waals surface area contributed by atoms with Gasteiger partial charge in [0.05, 0.1) is 27.9 Å². The van der Waals surface area contributed by atoms with Crippen LogP contribution in [0.15, 0.2) is 34.1 Å². The highest BCUT2D eigenvalue weighted by atomic mass is 32.2. The summed E-state index contributed by atoms with van der Waals surface area (Å²) in [4.78, 5) is 75.7. The quantitative estimate of drug-likeness (QED) is 0.177. The standard InChI is InChI=1S/C16H17F4N3O4S.C16H17F4N3O3S/c1-4-21-14(25)22-9(3)13(24)23(15(22)26)11-6-12(8(2)5-10(11)17)28(27)7-16(18,19)20;1-4-21-14(25)22-9(3)13(24)23(15(22)26)11-6-12(8(2)5-10(11)17)27-7-16(18,19)20/h5-6,9H,4,7H2,1-3H3,(H,21,25);5-6,9H,4,7H2,1-3H3,(H,21,25). The summed E-state index contributed by atoms with van der Waals surface area (Å²) in [6, 6.07) is -2.78. The van der Waals surface area contributed by atoms with Crippen LogP contribution in [-0.4, -0.2) is 99.0 Å². The zero-order valence-corrected chi connectivity index (χ0v) is 31.4. The molecule has 0 bridgehead atoms. The van der Waals surface area contributed by atoms with Crippen molar-refractivity contribution in [2.24, 2.45) is 0 Å². The number of carbonyl (C=O) groups excluding carboxylic acids is 6. The Morgan fingerprint density at radius 3 is 1.55 bits per heavy atom. The molecule has 0 spiro atoms. The molecule has 0 radical (unpaired) electrons. The Morgan fingerprint density at radius 2 is 1.15 bits per heavy atom. The lowest BCUT2D eigenvalue weighted by Gasteiger charge is -2.19. The summed E-state index contributed by atoms with van der Waals surface area (Å²) in [5.41, 5.74) is -0.946. The Kier molecular flexibility index (Phi) is 14.1. The Hall–Kier alpha value is -4.80. The average Bonchev–Trinajstić information content (AvgIpc) is 3.41. The Balaban J connectivity index is 0.000000296. The van der Waals surface area contributed by atoms with Crippen molar-refractivity contribution in [3.63, 3.8) is 0 Å². The fourth-order valence-corrected chi connectivity index (χ4v) is 7.10. The highest BCUT2D eigenvalue weighted by Crippen LogP contribution is 2.36. The van der Waals surface area contributed by atoms with E-state index < -0.39 is 106 Å². The molecule has 2 N–H and O–H groups in total. The number of hydrogen-bond donors (Lipinski definition) is 2. The molecule has 13 nitrogen and oxygen atoms in total. The molecule has 302 valence electrons. The number of carbonyl (C=O) groups is 6. The molecule has 0 aliphatic carbocycles. The first-order valence-corrected chi connectivity index (χ1v) is 18.3. The molecule has 2 aliphatic rings. The predicted molar refractivity (Wildman–Crippen MR) is 183 cm³/mol. The van der Waals surface area contributed by atoms with Crippen molar-refractivity contribution in [1.82, 2.24) is 20.4 Å². The number of benzene rings is 2. The minimum Gasteiger partial charge on any atom is -0.338 e. The van der Waals surface area contributed by atoms with Gasteiger partial charge in [-0.15, -0.1) is 11.8 Å².